The molecule has 1 aromatic carbocycles. The number of carbonyl (C=O) groups excluding carboxylic acids is 1. The number of phenols is 1. The molecule has 0 amide bonds. The molecular formula is C15H23NO3. The van der Waals surface area contributed by atoms with Crippen LogP contribution in [0.5, 0.6) is 5.75 Å². The number of hydrogen-bond donors (Lipinski definition) is 2. The van der Waals surface area contributed by atoms with Crippen LogP contribution in [0.25, 0.3) is 0 Å². The lowest BCUT2D eigenvalue weighted by molar-refractivity contribution is 0.101. The Balaban J connectivity index is 2.81. The number of hydrogen-bond acceptors (Lipinski definition) is 4. The van der Waals surface area contributed by atoms with E-state index < -0.39 is 0 Å². The summed E-state index contributed by atoms with van der Waals surface area (Å²) in [5, 5.41) is 18.9. The molecule has 4 heteroatoms. The summed E-state index contributed by atoms with van der Waals surface area (Å²) in [7, 11) is 0. The Bertz CT molecular complexity index is 418. The van der Waals surface area contributed by atoms with Crippen molar-refractivity contribution in [2.45, 2.75) is 33.2 Å². The van der Waals surface area contributed by atoms with Gasteiger partial charge in [0.05, 0.1) is 6.61 Å². The molecule has 0 heterocycles. The molecule has 1 aromatic rings. The number of aliphatic hydroxyl groups is 1. The number of rotatable bonds is 8. The Hall–Kier alpha value is -1.39. The van der Waals surface area contributed by atoms with Crippen LogP contribution in [0.2, 0.25) is 0 Å². The summed E-state index contributed by atoms with van der Waals surface area (Å²) in [5.74, 6) is 0.188. The van der Waals surface area contributed by atoms with Crippen LogP contribution in [0.15, 0.2) is 18.2 Å². The number of Topliss-reactive ketones (excluding diaryl/α,β-unsaturated/α-hetero) is 1. The van der Waals surface area contributed by atoms with E-state index >= 15 is 0 Å². The second-order valence-electron chi connectivity index (χ2n) is 4.75. The summed E-state index contributed by atoms with van der Waals surface area (Å²) in [6, 6.07) is 4.92. The van der Waals surface area contributed by atoms with Crippen molar-refractivity contribution in [3.63, 3.8) is 0 Å². The van der Waals surface area contributed by atoms with Gasteiger partial charge in [0.25, 0.3) is 0 Å². The Kier molecular flexibility index (Phi) is 6.53. The minimum Gasteiger partial charge on any atom is -0.508 e. The van der Waals surface area contributed by atoms with E-state index in [1.54, 1.807) is 18.2 Å². The normalized spacial score (nSPS) is 10.9. The number of aliphatic hydroxyl groups excluding tert-OH is 1. The molecule has 0 aliphatic rings. The van der Waals surface area contributed by atoms with Gasteiger partial charge in [0.2, 0.25) is 0 Å². The lowest BCUT2D eigenvalue weighted by Crippen LogP contribution is -2.27. The van der Waals surface area contributed by atoms with Gasteiger partial charge in [0, 0.05) is 24.2 Å². The van der Waals surface area contributed by atoms with Crippen LogP contribution in [-0.4, -0.2) is 40.6 Å². The molecule has 0 saturated heterocycles. The maximum absolute atomic E-state index is 11.4. The second-order valence-corrected chi connectivity index (χ2v) is 4.75. The van der Waals surface area contributed by atoms with Crippen LogP contribution in [0, 0.1) is 0 Å². The van der Waals surface area contributed by atoms with Crippen LogP contribution in [0.3, 0.4) is 0 Å². The van der Waals surface area contributed by atoms with Crippen LogP contribution in [0.4, 0.5) is 0 Å². The topological polar surface area (TPSA) is 60.8 Å². The highest BCUT2D eigenvalue weighted by Crippen LogP contribution is 2.21. The van der Waals surface area contributed by atoms with Gasteiger partial charge < -0.3 is 10.2 Å². The van der Waals surface area contributed by atoms with Gasteiger partial charge in [-0.3, -0.25) is 9.69 Å². The fraction of sp³-hybridized carbons (Fsp3) is 0.533. The molecule has 0 unspecified atom stereocenters. The standard InChI is InChI=1S/C15H23NO3/c1-3-4-7-16(8-9-17)11-14-10-13(12(2)18)5-6-15(14)19/h5-6,10,17,19H,3-4,7-9,11H2,1-2H3. The van der Waals surface area contributed by atoms with Gasteiger partial charge >= 0.3 is 0 Å². The van der Waals surface area contributed by atoms with E-state index in [0.717, 1.165) is 24.9 Å². The fourth-order valence-corrected chi connectivity index (χ4v) is 1.97. The van der Waals surface area contributed by atoms with E-state index in [9.17, 15) is 9.90 Å². The zero-order valence-electron chi connectivity index (χ0n) is 11.7. The quantitative estimate of drug-likeness (QED) is 0.707. The molecule has 0 saturated carbocycles. The maximum atomic E-state index is 11.4. The predicted molar refractivity (Wildman–Crippen MR) is 75.4 cm³/mol. The summed E-state index contributed by atoms with van der Waals surface area (Å²) in [6.45, 7) is 5.72. The van der Waals surface area contributed by atoms with Crippen LogP contribution in [0.1, 0.15) is 42.6 Å². The highest BCUT2D eigenvalue weighted by Gasteiger charge is 2.10. The molecule has 0 spiro atoms. The SMILES string of the molecule is CCCCN(CCO)Cc1cc(C(C)=O)ccc1O. The Morgan fingerprint density at radius 1 is 1.32 bits per heavy atom. The van der Waals surface area contributed by atoms with Crippen molar-refractivity contribution < 1.29 is 15.0 Å². The van der Waals surface area contributed by atoms with E-state index in [0.29, 0.717) is 18.7 Å². The molecule has 0 atom stereocenters. The number of ketones is 1. The largest absolute Gasteiger partial charge is 0.508 e. The second kappa shape index (κ2) is 7.92. The van der Waals surface area contributed by atoms with Crippen LogP contribution < -0.4 is 0 Å². The van der Waals surface area contributed by atoms with Crippen molar-refractivity contribution >= 4 is 5.78 Å². The molecule has 0 bridgehead atoms. The summed E-state index contributed by atoms with van der Waals surface area (Å²) >= 11 is 0. The number of unbranched alkanes of at least 4 members (excludes halogenated alkanes) is 1. The van der Waals surface area contributed by atoms with Gasteiger partial charge in [0.15, 0.2) is 5.78 Å². The maximum Gasteiger partial charge on any atom is 0.159 e. The van der Waals surface area contributed by atoms with Crippen molar-refractivity contribution in [2.75, 3.05) is 19.7 Å². The van der Waals surface area contributed by atoms with Gasteiger partial charge in [0.1, 0.15) is 5.75 Å². The monoisotopic (exact) mass is 265 g/mol. The minimum atomic E-state index is -0.0106. The third kappa shape index (κ3) is 5.01. The molecule has 4 nitrogen and oxygen atoms in total. The van der Waals surface area contributed by atoms with E-state index in [4.69, 9.17) is 5.11 Å². The van der Waals surface area contributed by atoms with E-state index in [1.165, 1.54) is 6.92 Å². The molecule has 0 aromatic heterocycles. The van der Waals surface area contributed by atoms with Crippen molar-refractivity contribution in [3.05, 3.63) is 29.3 Å². The molecule has 2 N–H and O–H groups in total. The molecule has 19 heavy (non-hydrogen) atoms. The Morgan fingerprint density at radius 2 is 2.05 bits per heavy atom. The number of nitrogens with zero attached hydrogens (tertiary/aromatic N) is 1. The van der Waals surface area contributed by atoms with Gasteiger partial charge in [-0.2, -0.15) is 0 Å². The van der Waals surface area contributed by atoms with Crippen LogP contribution in [-0.2, 0) is 6.54 Å². The minimum absolute atomic E-state index is 0.0106. The molecule has 0 aliphatic heterocycles. The summed E-state index contributed by atoms with van der Waals surface area (Å²) in [6.07, 6.45) is 2.13. The highest BCUT2D eigenvalue weighted by atomic mass is 16.3. The van der Waals surface area contributed by atoms with Crippen molar-refractivity contribution in [3.8, 4) is 5.75 Å². The van der Waals surface area contributed by atoms with Crippen molar-refractivity contribution in [2.24, 2.45) is 0 Å². The van der Waals surface area contributed by atoms with Crippen molar-refractivity contribution in [1.82, 2.24) is 4.90 Å². The first kappa shape index (κ1) is 15.7. The fourth-order valence-electron chi connectivity index (χ4n) is 1.97. The van der Waals surface area contributed by atoms with Gasteiger partial charge in [-0.05, 0) is 38.1 Å². The van der Waals surface area contributed by atoms with E-state index in [-0.39, 0.29) is 18.1 Å². The van der Waals surface area contributed by atoms with Gasteiger partial charge in [-0.25, -0.2) is 0 Å². The van der Waals surface area contributed by atoms with Crippen molar-refractivity contribution in [1.29, 1.82) is 0 Å². The lowest BCUT2D eigenvalue weighted by atomic mass is 10.1. The average molecular weight is 265 g/mol. The molecule has 106 valence electrons. The first-order valence-electron chi connectivity index (χ1n) is 6.74. The van der Waals surface area contributed by atoms with Gasteiger partial charge in [-0.15, -0.1) is 0 Å². The number of aromatic hydroxyl groups is 1. The number of carbonyl (C=O) groups is 1. The molecule has 0 aliphatic carbocycles. The third-order valence-corrected chi connectivity index (χ3v) is 3.12. The highest BCUT2D eigenvalue weighted by molar-refractivity contribution is 5.94. The van der Waals surface area contributed by atoms with Gasteiger partial charge in [-0.1, -0.05) is 13.3 Å². The first-order valence-corrected chi connectivity index (χ1v) is 6.74. The molecule has 0 fully saturated rings. The summed E-state index contributed by atoms with van der Waals surface area (Å²) in [4.78, 5) is 13.4. The molecule has 0 radical (unpaired) electrons. The van der Waals surface area contributed by atoms with E-state index in [2.05, 4.69) is 11.8 Å². The Labute approximate surface area is 114 Å². The zero-order valence-corrected chi connectivity index (χ0v) is 11.7. The number of benzene rings is 1. The number of phenolic OH excluding ortho intramolecular Hbond substituents is 1. The molecule has 1 rings (SSSR count). The average Bonchev–Trinajstić information content (AvgIpc) is 2.38. The van der Waals surface area contributed by atoms with Crippen LogP contribution >= 0.6 is 0 Å². The third-order valence-electron chi connectivity index (χ3n) is 3.12. The summed E-state index contributed by atoms with van der Waals surface area (Å²) < 4.78 is 0. The Morgan fingerprint density at radius 3 is 2.63 bits per heavy atom. The zero-order chi connectivity index (χ0) is 14.3. The first-order chi connectivity index (χ1) is 9.08. The predicted octanol–water partition coefficient (Wildman–Crippen LogP) is 2.19. The molecular weight excluding hydrogens is 242 g/mol. The smallest absolute Gasteiger partial charge is 0.159 e. The van der Waals surface area contributed by atoms with E-state index in [1.807, 2.05) is 0 Å². The lowest BCUT2D eigenvalue weighted by Gasteiger charge is -2.21. The summed E-state index contributed by atoms with van der Waals surface area (Å²) in [5.41, 5.74) is 1.34.